The summed E-state index contributed by atoms with van der Waals surface area (Å²) in [6.45, 7) is 8.61. The number of rotatable bonds is 5. The zero-order valence-electron chi connectivity index (χ0n) is 14.1. The molecule has 0 spiro atoms. The molecule has 5 heteroatoms. The van der Waals surface area contributed by atoms with Crippen LogP contribution in [0.5, 0.6) is 0 Å². The van der Waals surface area contributed by atoms with E-state index in [1.807, 2.05) is 37.3 Å². The van der Waals surface area contributed by atoms with Gasteiger partial charge in [0.05, 0.1) is 11.2 Å². The molecule has 4 nitrogen and oxygen atoms in total. The fourth-order valence-electron chi connectivity index (χ4n) is 2.63. The molecule has 0 N–H and O–H groups in total. The quantitative estimate of drug-likeness (QED) is 0.781. The summed E-state index contributed by atoms with van der Waals surface area (Å²) in [5.41, 5.74) is 0.478. The van der Waals surface area contributed by atoms with E-state index in [2.05, 4.69) is 32.7 Å². The molecule has 0 radical (unpaired) electrons. The molecule has 116 valence electrons. The highest BCUT2D eigenvalue weighted by Crippen LogP contribution is 2.40. The van der Waals surface area contributed by atoms with Crippen molar-refractivity contribution in [3.63, 3.8) is 0 Å². The predicted molar refractivity (Wildman–Crippen MR) is 88.1 cm³/mol. The minimum Gasteiger partial charge on any atom is -0.399 e. The predicted octanol–water partition coefficient (Wildman–Crippen LogP) is 2.62. The summed E-state index contributed by atoms with van der Waals surface area (Å²) in [6.07, 6.45) is 5.14. The summed E-state index contributed by atoms with van der Waals surface area (Å²) in [7, 11) is 3.65. The van der Waals surface area contributed by atoms with Gasteiger partial charge >= 0.3 is 7.12 Å². The van der Waals surface area contributed by atoms with E-state index in [1.54, 1.807) is 0 Å². The topological polar surface area (TPSA) is 34.6 Å². The summed E-state index contributed by atoms with van der Waals surface area (Å²) in [5.74, 6) is 0.916. The molecule has 2 heterocycles. The van der Waals surface area contributed by atoms with E-state index in [4.69, 9.17) is 9.31 Å². The molecule has 1 atom stereocenters. The Morgan fingerprint density at radius 2 is 1.95 bits per heavy atom. The van der Waals surface area contributed by atoms with Crippen LogP contribution in [-0.4, -0.2) is 37.4 Å². The molecule has 0 aromatic carbocycles. The average Bonchev–Trinajstić information content (AvgIpc) is 2.67. The van der Waals surface area contributed by atoms with Crippen molar-refractivity contribution in [3.8, 4) is 0 Å². The van der Waals surface area contributed by atoms with Crippen LogP contribution in [-0.2, 0) is 9.31 Å². The average molecular weight is 290 g/mol. The second kappa shape index (κ2) is 5.97. The van der Waals surface area contributed by atoms with Gasteiger partial charge < -0.3 is 14.2 Å². The van der Waals surface area contributed by atoms with Crippen molar-refractivity contribution in [1.29, 1.82) is 0 Å². The molecule has 1 saturated heterocycles. The monoisotopic (exact) mass is 290 g/mol. The molecule has 1 fully saturated rings. The Bertz CT molecular complexity index is 493. The molecule has 1 aromatic rings. The van der Waals surface area contributed by atoms with Gasteiger partial charge in [-0.15, -0.1) is 0 Å². The lowest BCUT2D eigenvalue weighted by Gasteiger charge is -2.36. The molecule has 1 aromatic heterocycles. The van der Waals surface area contributed by atoms with Crippen LogP contribution in [0, 0.1) is 0 Å². The van der Waals surface area contributed by atoms with Crippen molar-refractivity contribution in [1.82, 2.24) is 4.98 Å². The van der Waals surface area contributed by atoms with Crippen LogP contribution in [0.15, 0.2) is 18.3 Å². The third-order valence-electron chi connectivity index (χ3n) is 4.55. The number of hydrogen-bond acceptors (Lipinski definition) is 4. The van der Waals surface area contributed by atoms with Crippen LogP contribution in [0.4, 0.5) is 5.82 Å². The Balaban J connectivity index is 2.21. The van der Waals surface area contributed by atoms with Gasteiger partial charge in [-0.25, -0.2) is 4.98 Å². The molecule has 0 aliphatic carbocycles. The zero-order chi connectivity index (χ0) is 15.7. The molecular formula is C16H27BN2O2. The number of aromatic nitrogens is 1. The van der Waals surface area contributed by atoms with E-state index in [0.717, 1.165) is 24.1 Å². The summed E-state index contributed by atoms with van der Waals surface area (Å²) in [5, 5.41) is 0. The second-order valence-corrected chi connectivity index (χ2v) is 6.75. The molecule has 1 aliphatic rings. The van der Waals surface area contributed by atoms with E-state index in [-0.39, 0.29) is 18.3 Å². The normalized spacial score (nSPS) is 24.4. The summed E-state index contributed by atoms with van der Waals surface area (Å²) >= 11 is 0. The van der Waals surface area contributed by atoms with Crippen molar-refractivity contribution >= 4 is 18.4 Å². The van der Waals surface area contributed by atoms with Crippen LogP contribution >= 0.6 is 0 Å². The van der Waals surface area contributed by atoms with Crippen molar-refractivity contribution in [2.24, 2.45) is 0 Å². The fourth-order valence-corrected chi connectivity index (χ4v) is 2.63. The number of unbranched alkanes of at least 4 members (excludes halogenated alkanes) is 1. The van der Waals surface area contributed by atoms with Gasteiger partial charge in [0.1, 0.15) is 5.82 Å². The van der Waals surface area contributed by atoms with Crippen LogP contribution in [0.25, 0.3) is 0 Å². The number of hydrogen-bond donors (Lipinski definition) is 0. The first-order valence-electron chi connectivity index (χ1n) is 7.78. The first kappa shape index (κ1) is 16.3. The lowest BCUT2D eigenvalue weighted by molar-refractivity contribution is -0.0169. The van der Waals surface area contributed by atoms with Gasteiger partial charge in [-0.2, -0.15) is 0 Å². The highest BCUT2D eigenvalue weighted by atomic mass is 16.7. The first-order valence-corrected chi connectivity index (χ1v) is 7.78. The summed E-state index contributed by atoms with van der Waals surface area (Å²) < 4.78 is 12.5. The molecule has 0 amide bonds. The Morgan fingerprint density at radius 3 is 2.57 bits per heavy atom. The lowest BCUT2D eigenvalue weighted by atomic mass is 9.79. The minimum atomic E-state index is -0.316. The zero-order valence-corrected chi connectivity index (χ0v) is 14.1. The highest BCUT2D eigenvalue weighted by molar-refractivity contribution is 6.62. The maximum Gasteiger partial charge on any atom is 0.495 e. The molecule has 0 bridgehead atoms. The number of nitrogens with zero attached hydrogens (tertiary/aromatic N) is 2. The van der Waals surface area contributed by atoms with Crippen LogP contribution in [0.3, 0.4) is 0 Å². The fraction of sp³-hybridized carbons (Fsp3) is 0.688. The Morgan fingerprint density at radius 1 is 1.24 bits per heavy atom. The van der Waals surface area contributed by atoms with E-state index >= 15 is 0 Å². The van der Waals surface area contributed by atoms with Gasteiger partial charge in [0.25, 0.3) is 0 Å². The maximum absolute atomic E-state index is 6.32. The first-order chi connectivity index (χ1) is 9.79. The Hall–Kier alpha value is -1.07. The van der Waals surface area contributed by atoms with Crippen LogP contribution < -0.4 is 10.4 Å². The number of anilines is 1. The Kier molecular flexibility index (Phi) is 4.64. The van der Waals surface area contributed by atoms with Crippen molar-refractivity contribution in [3.05, 3.63) is 18.3 Å². The van der Waals surface area contributed by atoms with Gasteiger partial charge in [0, 0.05) is 20.3 Å². The van der Waals surface area contributed by atoms with Crippen LogP contribution in [0.1, 0.15) is 47.0 Å². The van der Waals surface area contributed by atoms with Crippen LogP contribution in [0.2, 0.25) is 0 Å². The third-order valence-corrected chi connectivity index (χ3v) is 4.55. The molecule has 1 aliphatic heterocycles. The van der Waals surface area contributed by atoms with Crippen molar-refractivity contribution in [2.75, 3.05) is 19.0 Å². The molecule has 21 heavy (non-hydrogen) atoms. The SMILES string of the molecule is CCCCC1(C)OB(c2ccnc(N(C)C)c2)OC1(C)C. The second-order valence-electron chi connectivity index (χ2n) is 6.75. The molecule has 0 saturated carbocycles. The molecule has 2 rings (SSSR count). The van der Waals surface area contributed by atoms with E-state index in [0.29, 0.717) is 0 Å². The lowest BCUT2D eigenvalue weighted by Crippen LogP contribution is -2.44. The van der Waals surface area contributed by atoms with E-state index in [9.17, 15) is 0 Å². The van der Waals surface area contributed by atoms with Crippen molar-refractivity contribution < 1.29 is 9.31 Å². The summed E-state index contributed by atoms with van der Waals surface area (Å²) in [6, 6.07) is 4.01. The van der Waals surface area contributed by atoms with Gasteiger partial charge in [-0.3, -0.25) is 0 Å². The minimum absolute atomic E-state index is 0.255. The Labute approximate surface area is 129 Å². The van der Waals surface area contributed by atoms with Crippen molar-refractivity contribution in [2.45, 2.75) is 58.2 Å². The molecule has 1 unspecified atom stereocenters. The number of pyridine rings is 1. The van der Waals surface area contributed by atoms with Gasteiger partial charge in [-0.05, 0) is 44.8 Å². The van der Waals surface area contributed by atoms with E-state index < -0.39 is 0 Å². The van der Waals surface area contributed by atoms with E-state index in [1.165, 1.54) is 6.42 Å². The standard InChI is InChI=1S/C16H27BN2O2/c1-7-8-10-16(4)15(2,3)20-17(21-16)13-9-11-18-14(12-13)19(5)6/h9,11-12H,7-8,10H2,1-6H3. The third kappa shape index (κ3) is 3.24. The molecular weight excluding hydrogens is 263 g/mol. The smallest absolute Gasteiger partial charge is 0.399 e. The summed E-state index contributed by atoms with van der Waals surface area (Å²) in [4.78, 5) is 6.33. The van der Waals surface area contributed by atoms with Gasteiger partial charge in [0.15, 0.2) is 0 Å². The van der Waals surface area contributed by atoms with Gasteiger partial charge in [-0.1, -0.05) is 19.8 Å². The maximum atomic E-state index is 6.32. The largest absolute Gasteiger partial charge is 0.495 e. The highest BCUT2D eigenvalue weighted by Gasteiger charge is 2.54. The van der Waals surface area contributed by atoms with Gasteiger partial charge in [0.2, 0.25) is 0 Å².